The number of unbranched alkanes of at least 4 members (excludes halogenated alkanes) is 6. The van der Waals surface area contributed by atoms with Crippen molar-refractivity contribution >= 4 is 20.4 Å². The molecule has 0 aliphatic rings. The molecule has 148 valence electrons. The van der Waals surface area contributed by atoms with E-state index in [1.165, 1.54) is 0 Å². The zero-order chi connectivity index (χ0) is 18.7. The van der Waals surface area contributed by atoms with Gasteiger partial charge < -0.3 is 0 Å². The van der Waals surface area contributed by atoms with Crippen molar-refractivity contribution in [3.05, 3.63) is 0 Å². The molecule has 0 saturated carbocycles. The third kappa shape index (κ3) is 8.94. The van der Waals surface area contributed by atoms with Gasteiger partial charge in [-0.25, -0.2) is 3.63 Å². The summed E-state index contributed by atoms with van der Waals surface area (Å²) in [6.07, 6.45) is 7.61. The minimum absolute atomic E-state index is 0.448. The zero-order valence-corrected chi connectivity index (χ0v) is 16.8. The second-order valence-electron chi connectivity index (χ2n) is 6.17. The Balaban J connectivity index is 5.33. The standard InChI is InChI=1S/C16H33F3O3S2/c1-4-7-10-13-23(14-11-8-5-2,15-12-9-6-3)22-24(20,21)16(17,18)19/h4-15H2,1-3H3. The molecule has 0 aliphatic carbocycles. The Morgan fingerprint density at radius 1 is 0.708 bits per heavy atom. The molecule has 0 atom stereocenters. The second kappa shape index (κ2) is 11.6. The molecule has 0 heterocycles. The van der Waals surface area contributed by atoms with Crippen LogP contribution >= 0.6 is 10.3 Å². The first-order valence-electron chi connectivity index (χ1n) is 8.93. The molecular formula is C16H33F3O3S2. The van der Waals surface area contributed by atoms with Crippen LogP contribution in [0.15, 0.2) is 0 Å². The molecule has 8 heteroatoms. The fourth-order valence-electron chi connectivity index (χ4n) is 2.48. The van der Waals surface area contributed by atoms with Crippen LogP contribution in [0.5, 0.6) is 0 Å². The predicted octanol–water partition coefficient (Wildman–Crippen LogP) is 6.14. The average molecular weight is 395 g/mol. The van der Waals surface area contributed by atoms with Crippen LogP contribution in [0.4, 0.5) is 13.2 Å². The van der Waals surface area contributed by atoms with E-state index in [4.69, 9.17) is 3.63 Å². The molecule has 3 nitrogen and oxygen atoms in total. The van der Waals surface area contributed by atoms with E-state index in [-0.39, 0.29) is 0 Å². The maximum absolute atomic E-state index is 12.8. The van der Waals surface area contributed by atoms with Gasteiger partial charge in [-0.3, -0.25) is 0 Å². The Labute approximate surface area is 147 Å². The van der Waals surface area contributed by atoms with Gasteiger partial charge in [0.15, 0.2) is 0 Å². The molecule has 0 N–H and O–H groups in total. The second-order valence-corrected chi connectivity index (χ2v) is 11.2. The van der Waals surface area contributed by atoms with Crippen LogP contribution in [0, 0.1) is 0 Å². The Morgan fingerprint density at radius 2 is 1.04 bits per heavy atom. The van der Waals surface area contributed by atoms with Crippen molar-refractivity contribution in [2.24, 2.45) is 0 Å². The highest BCUT2D eigenvalue weighted by Gasteiger charge is 2.50. The fourth-order valence-corrected chi connectivity index (χ4v) is 7.93. The first kappa shape index (κ1) is 24.1. The molecule has 0 fully saturated rings. The van der Waals surface area contributed by atoms with Gasteiger partial charge in [-0.05, 0) is 19.3 Å². The van der Waals surface area contributed by atoms with E-state index in [9.17, 15) is 21.6 Å². The Morgan fingerprint density at radius 3 is 1.29 bits per heavy atom. The van der Waals surface area contributed by atoms with Crippen molar-refractivity contribution in [1.82, 2.24) is 0 Å². The molecule has 0 rings (SSSR count). The molecule has 24 heavy (non-hydrogen) atoms. The molecule has 0 aliphatic heterocycles. The summed E-state index contributed by atoms with van der Waals surface area (Å²) in [5, 5.41) is 0. The van der Waals surface area contributed by atoms with Crippen LogP contribution in [-0.2, 0) is 13.7 Å². The monoisotopic (exact) mass is 394 g/mol. The van der Waals surface area contributed by atoms with E-state index in [2.05, 4.69) is 0 Å². The SMILES string of the molecule is CCCCCS(CCCCC)(CCCCC)OS(=O)(=O)C(F)(F)F. The maximum atomic E-state index is 12.8. The lowest BCUT2D eigenvalue weighted by molar-refractivity contribution is -0.0496. The van der Waals surface area contributed by atoms with Gasteiger partial charge in [0.1, 0.15) is 0 Å². The topological polar surface area (TPSA) is 43.4 Å². The van der Waals surface area contributed by atoms with E-state index in [1.807, 2.05) is 20.8 Å². The number of hydrogen-bond acceptors (Lipinski definition) is 3. The Bertz CT molecular complexity index is 396. The number of rotatable bonds is 14. The first-order valence-corrected chi connectivity index (χ1v) is 12.4. The van der Waals surface area contributed by atoms with Gasteiger partial charge in [0, 0.05) is 17.3 Å². The number of hydrogen-bond donors (Lipinski definition) is 0. The molecule has 0 aromatic heterocycles. The summed E-state index contributed by atoms with van der Waals surface area (Å²) in [6, 6.07) is 0. The van der Waals surface area contributed by atoms with E-state index < -0.39 is 25.9 Å². The fraction of sp³-hybridized carbons (Fsp3) is 1.00. The molecule has 0 aromatic carbocycles. The lowest BCUT2D eigenvalue weighted by atomic mass is 10.3. The van der Waals surface area contributed by atoms with Crippen LogP contribution in [0.1, 0.15) is 78.6 Å². The molecule has 0 bridgehead atoms. The van der Waals surface area contributed by atoms with E-state index in [1.54, 1.807) is 0 Å². The summed E-state index contributed by atoms with van der Waals surface area (Å²) in [5.74, 6) is 1.34. The highest BCUT2D eigenvalue weighted by atomic mass is 32.3. The molecule has 0 saturated heterocycles. The Kier molecular flexibility index (Phi) is 11.6. The lowest BCUT2D eigenvalue weighted by Gasteiger charge is -2.39. The largest absolute Gasteiger partial charge is 0.523 e. The van der Waals surface area contributed by atoms with Gasteiger partial charge in [0.25, 0.3) is 0 Å². The summed E-state index contributed by atoms with van der Waals surface area (Å²) in [6.45, 7) is 6.04. The first-order chi connectivity index (χ1) is 11.1. The quantitative estimate of drug-likeness (QED) is 0.262. The Hall–Kier alpha value is 0.0500. The van der Waals surface area contributed by atoms with Gasteiger partial charge in [-0.15, -0.1) is 10.3 Å². The maximum Gasteiger partial charge on any atom is 0.523 e. The van der Waals surface area contributed by atoms with Crippen molar-refractivity contribution in [3.63, 3.8) is 0 Å². The molecule has 0 unspecified atom stereocenters. The smallest absolute Gasteiger partial charge is 0.213 e. The van der Waals surface area contributed by atoms with Crippen molar-refractivity contribution < 1.29 is 25.2 Å². The summed E-state index contributed by atoms with van der Waals surface area (Å²) in [5.41, 5.74) is -5.34. The zero-order valence-electron chi connectivity index (χ0n) is 15.2. The molecule has 0 amide bonds. The van der Waals surface area contributed by atoms with E-state index in [0.717, 1.165) is 57.8 Å². The van der Waals surface area contributed by atoms with Gasteiger partial charge in [-0.2, -0.15) is 21.6 Å². The molecule has 0 aromatic rings. The predicted molar refractivity (Wildman–Crippen MR) is 96.8 cm³/mol. The third-order valence-electron chi connectivity index (χ3n) is 3.88. The van der Waals surface area contributed by atoms with Crippen LogP contribution in [0.2, 0.25) is 0 Å². The van der Waals surface area contributed by atoms with E-state index >= 15 is 0 Å². The van der Waals surface area contributed by atoms with Gasteiger partial charge >= 0.3 is 15.6 Å². The van der Waals surface area contributed by atoms with Gasteiger partial charge in [-0.1, -0.05) is 59.3 Å². The van der Waals surface area contributed by atoms with Crippen molar-refractivity contribution in [1.29, 1.82) is 0 Å². The van der Waals surface area contributed by atoms with Crippen LogP contribution in [0.25, 0.3) is 0 Å². The normalized spacial score (nSPS) is 14.1. The summed E-state index contributed by atoms with van der Waals surface area (Å²) in [4.78, 5) is 0. The molecule has 0 radical (unpaired) electrons. The third-order valence-corrected chi connectivity index (χ3v) is 9.41. The minimum atomic E-state index is -5.53. The number of halogens is 3. The van der Waals surface area contributed by atoms with Gasteiger partial charge in [0.2, 0.25) is 0 Å². The molecular weight excluding hydrogens is 361 g/mol. The van der Waals surface area contributed by atoms with Crippen LogP contribution in [0.3, 0.4) is 0 Å². The summed E-state index contributed by atoms with van der Waals surface area (Å²) >= 11 is 0. The van der Waals surface area contributed by atoms with Gasteiger partial charge in [0.05, 0.1) is 0 Å². The summed E-state index contributed by atoms with van der Waals surface area (Å²) in [7, 11) is -7.79. The lowest BCUT2D eigenvalue weighted by Crippen LogP contribution is -2.30. The van der Waals surface area contributed by atoms with Crippen LogP contribution in [-0.4, -0.2) is 31.2 Å². The average Bonchev–Trinajstić information content (AvgIpc) is 2.46. The summed E-state index contributed by atoms with van der Waals surface area (Å²) < 4.78 is 66.7. The highest BCUT2D eigenvalue weighted by molar-refractivity contribution is 8.33. The minimum Gasteiger partial charge on any atom is -0.213 e. The van der Waals surface area contributed by atoms with Crippen molar-refractivity contribution in [2.45, 2.75) is 84.1 Å². The van der Waals surface area contributed by atoms with Crippen molar-refractivity contribution in [2.75, 3.05) is 17.3 Å². The molecule has 0 spiro atoms. The highest BCUT2D eigenvalue weighted by Crippen LogP contribution is 2.54. The van der Waals surface area contributed by atoms with E-state index in [0.29, 0.717) is 17.3 Å². The number of alkyl halides is 3. The van der Waals surface area contributed by atoms with Crippen molar-refractivity contribution in [3.8, 4) is 0 Å². The van der Waals surface area contributed by atoms with Crippen LogP contribution < -0.4 is 0 Å².